The van der Waals surface area contributed by atoms with E-state index in [1.807, 2.05) is 35.7 Å². The first kappa shape index (κ1) is 15.9. The fourth-order valence-corrected chi connectivity index (χ4v) is 2.88. The zero-order valence-corrected chi connectivity index (χ0v) is 13.7. The van der Waals surface area contributed by atoms with Crippen LogP contribution < -0.4 is 16.2 Å². The molecule has 2 heterocycles. The third kappa shape index (κ3) is 3.49. The summed E-state index contributed by atoms with van der Waals surface area (Å²) in [5, 5.41) is 7.94. The lowest BCUT2D eigenvalue weighted by Gasteiger charge is -2.17. The molecule has 2 aromatic heterocycles. The van der Waals surface area contributed by atoms with Crippen molar-refractivity contribution in [1.29, 1.82) is 0 Å². The van der Waals surface area contributed by atoms with Crippen molar-refractivity contribution in [1.82, 2.24) is 19.9 Å². The van der Waals surface area contributed by atoms with Crippen molar-refractivity contribution in [2.45, 2.75) is 6.04 Å². The molecule has 1 atom stereocenters. The van der Waals surface area contributed by atoms with Gasteiger partial charge in [0.25, 0.3) is 5.56 Å². The second kappa shape index (κ2) is 7.05. The summed E-state index contributed by atoms with van der Waals surface area (Å²) in [4.78, 5) is 32.4. The number of hydrogen-bond donors (Lipinski definition) is 2. The van der Waals surface area contributed by atoms with Gasteiger partial charge in [0.2, 0.25) is 5.82 Å². The van der Waals surface area contributed by atoms with Crippen LogP contribution in [0.5, 0.6) is 0 Å². The molecular formula is C16H15N5O2S. The standard InChI is InChI=1S/C16H15N5O2S/c1-21-9-7-17-13(15(21)22)20-16(23)19-12(14-18-8-10-24-14)11-5-3-2-4-6-11/h2-10,12H,1H3,(H2,17,19,20,23). The third-order valence-electron chi connectivity index (χ3n) is 3.36. The van der Waals surface area contributed by atoms with E-state index in [1.54, 1.807) is 13.2 Å². The predicted octanol–water partition coefficient (Wildman–Crippen LogP) is 2.15. The number of aromatic nitrogens is 3. The predicted molar refractivity (Wildman–Crippen MR) is 92.0 cm³/mol. The fourth-order valence-electron chi connectivity index (χ4n) is 2.17. The zero-order chi connectivity index (χ0) is 16.9. The Morgan fingerprint density at radius 2 is 2.00 bits per heavy atom. The lowest BCUT2D eigenvalue weighted by Crippen LogP contribution is -2.35. The minimum atomic E-state index is -0.519. The lowest BCUT2D eigenvalue weighted by atomic mass is 10.1. The number of thiazole rings is 1. The van der Waals surface area contributed by atoms with Crippen LogP contribution >= 0.6 is 11.3 Å². The van der Waals surface area contributed by atoms with E-state index in [1.165, 1.54) is 28.3 Å². The van der Waals surface area contributed by atoms with Crippen LogP contribution in [0.2, 0.25) is 0 Å². The summed E-state index contributed by atoms with van der Waals surface area (Å²) in [7, 11) is 1.59. The second-order valence-electron chi connectivity index (χ2n) is 5.00. The van der Waals surface area contributed by atoms with Gasteiger partial charge in [-0.3, -0.25) is 10.1 Å². The van der Waals surface area contributed by atoms with Crippen molar-refractivity contribution in [3.63, 3.8) is 0 Å². The van der Waals surface area contributed by atoms with E-state index in [4.69, 9.17) is 0 Å². The summed E-state index contributed by atoms with van der Waals surface area (Å²) in [6.07, 6.45) is 4.66. The zero-order valence-electron chi connectivity index (χ0n) is 12.8. The molecule has 8 heteroatoms. The van der Waals surface area contributed by atoms with Crippen LogP contribution in [0.15, 0.2) is 59.1 Å². The number of anilines is 1. The highest BCUT2D eigenvalue weighted by Crippen LogP contribution is 2.23. The number of carbonyl (C=O) groups excluding carboxylic acids is 1. The first-order valence-electron chi connectivity index (χ1n) is 7.18. The number of nitrogens with one attached hydrogen (secondary N) is 2. The van der Waals surface area contributed by atoms with E-state index in [0.29, 0.717) is 0 Å². The topological polar surface area (TPSA) is 88.9 Å². The second-order valence-corrected chi connectivity index (χ2v) is 5.93. The third-order valence-corrected chi connectivity index (χ3v) is 4.20. The quantitative estimate of drug-likeness (QED) is 0.761. The minimum absolute atomic E-state index is 0.0246. The van der Waals surface area contributed by atoms with Crippen molar-refractivity contribution in [2.75, 3.05) is 5.32 Å². The molecule has 122 valence electrons. The molecule has 0 bridgehead atoms. The van der Waals surface area contributed by atoms with Crippen molar-refractivity contribution < 1.29 is 4.79 Å². The van der Waals surface area contributed by atoms with Crippen LogP contribution in [0.25, 0.3) is 0 Å². The molecule has 7 nitrogen and oxygen atoms in total. The number of urea groups is 1. The molecule has 0 saturated heterocycles. The molecule has 0 aliphatic rings. The van der Waals surface area contributed by atoms with Crippen molar-refractivity contribution in [3.8, 4) is 0 Å². The maximum atomic E-state index is 12.3. The minimum Gasteiger partial charge on any atom is -0.324 e. The summed E-state index contributed by atoms with van der Waals surface area (Å²) in [5.74, 6) is -0.0246. The highest BCUT2D eigenvalue weighted by Gasteiger charge is 2.19. The van der Waals surface area contributed by atoms with Gasteiger partial charge < -0.3 is 9.88 Å². The van der Waals surface area contributed by atoms with E-state index >= 15 is 0 Å². The molecule has 2 N–H and O–H groups in total. The van der Waals surface area contributed by atoms with Gasteiger partial charge in [-0.1, -0.05) is 30.3 Å². The average Bonchev–Trinajstić information content (AvgIpc) is 3.12. The van der Waals surface area contributed by atoms with Crippen molar-refractivity contribution in [2.24, 2.45) is 7.05 Å². The first-order valence-corrected chi connectivity index (χ1v) is 8.06. The van der Waals surface area contributed by atoms with Gasteiger partial charge in [0.05, 0.1) is 0 Å². The number of benzene rings is 1. The molecule has 0 aliphatic carbocycles. The molecule has 0 saturated carbocycles. The summed E-state index contributed by atoms with van der Waals surface area (Å²) in [6.45, 7) is 0. The molecular weight excluding hydrogens is 326 g/mol. The van der Waals surface area contributed by atoms with Gasteiger partial charge in [0.15, 0.2) is 0 Å². The van der Waals surface area contributed by atoms with Crippen molar-refractivity contribution >= 4 is 23.2 Å². The molecule has 3 rings (SSSR count). The summed E-state index contributed by atoms with van der Waals surface area (Å²) in [6, 6.07) is 8.58. The van der Waals surface area contributed by atoms with Gasteiger partial charge in [-0.15, -0.1) is 11.3 Å². The molecule has 0 fully saturated rings. The van der Waals surface area contributed by atoms with Crippen LogP contribution in [0.1, 0.15) is 16.6 Å². The Balaban J connectivity index is 1.82. The van der Waals surface area contributed by atoms with E-state index in [-0.39, 0.29) is 11.4 Å². The van der Waals surface area contributed by atoms with Gasteiger partial charge in [-0.05, 0) is 5.56 Å². The Morgan fingerprint density at radius 1 is 1.21 bits per heavy atom. The van der Waals surface area contributed by atoms with Crippen LogP contribution in [0.4, 0.5) is 10.6 Å². The Hall–Kier alpha value is -3.00. The molecule has 1 aromatic carbocycles. The van der Waals surface area contributed by atoms with Gasteiger partial charge in [-0.25, -0.2) is 14.8 Å². The van der Waals surface area contributed by atoms with Crippen LogP contribution in [-0.4, -0.2) is 20.6 Å². The Labute approximate surface area is 142 Å². The van der Waals surface area contributed by atoms with E-state index in [0.717, 1.165) is 10.6 Å². The highest BCUT2D eigenvalue weighted by atomic mass is 32.1. The number of amides is 2. The Bertz CT molecular complexity index is 877. The molecule has 2 amide bonds. The smallest absolute Gasteiger partial charge is 0.321 e. The fraction of sp³-hybridized carbons (Fsp3) is 0.125. The molecule has 24 heavy (non-hydrogen) atoms. The molecule has 0 aliphatic heterocycles. The van der Waals surface area contributed by atoms with E-state index in [2.05, 4.69) is 20.6 Å². The lowest BCUT2D eigenvalue weighted by molar-refractivity contribution is 0.250. The van der Waals surface area contributed by atoms with Crippen LogP contribution in [0.3, 0.4) is 0 Å². The number of rotatable bonds is 4. The monoisotopic (exact) mass is 341 g/mol. The number of carbonyl (C=O) groups is 1. The molecule has 0 spiro atoms. The largest absolute Gasteiger partial charge is 0.324 e. The Morgan fingerprint density at radius 3 is 2.71 bits per heavy atom. The van der Waals surface area contributed by atoms with E-state index in [9.17, 15) is 9.59 Å². The molecule has 1 unspecified atom stereocenters. The number of aryl methyl sites for hydroxylation is 1. The summed E-state index contributed by atoms with van der Waals surface area (Å²) < 4.78 is 1.35. The van der Waals surface area contributed by atoms with Crippen LogP contribution in [0, 0.1) is 0 Å². The normalized spacial score (nSPS) is 11.7. The van der Waals surface area contributed by atoms with E-state index < -0.39 is 12.1 Å². The number of hydrogen-bond acceptors (Lipinski definition) is 5. The maximum Gasteiger partial charge on any atom is 0.321 e. The average molecular weight is 341 g/mol. The summed E-state index contributed by atoms with van der Waals surface area (Å²) in [5.41, 5.74) is 0.523. The molecule has 0 radical (unpaired) electrons. The van der Waals surface area contributed by atoms with Gasteiger partial charge >= 0.3 is 6.03 Å². The number of nitrogens with zero attached hydrogens (tertiary/aromatic N) is 3. The highest BCUT2D eigenvalue weighted by molar-refractivity contribution is 7.09. The van der Waals surface area contributed by atoms with Gasteiger partial charge in [-0.2, -0.15) is 0 Å². The van der Waals surface area contributed by atoms with Gasteiger partial charge in [0.1, 0.15) is 11.0 Å². The molecule has 3 aromatic rings. The summed E-state index contributed by atoms with van der Waals surface area (Å²) >= 11 is 1.44. The Kier molecular flexibility index (Phi) is 4.66. The first-order chi connectivity index (χ1) is 11.6. The van der Waals surface area contributed by atoms with Gasteiger partial charge in [0, 0.05) is 31.0 Å². The maximum absolute atomic E-state index is 12.3. The van der Waals surface area contributed by atoms with Crippen LogP contribution in [-0.2, 0) is 7.05 Å². The van der Waals surface area contributed by atoms with Crippen molar-refractivity contribution in [3.05, 3.63) is 75.2 Å². The SMILES string of the molecule is Cn1ccnc(NC(=O)NC(c2ccccc2)c2nccs2)c1=O.